The predicted molar refractivity (Wildman–Crippen MR) is 97.6 cm³/mol. The van der Waals surface area contributed by atoms with Crippen LogP contribution in [0.5, 0.6) is 0 Å². The van der Waals surface area contributed by atoms with Crippen molar-refractivity contribution in [2.24, 2.45) is 5.41 Å². The van der Waals surface area contributed by atoms with Gasteiger partial charge in [0, 0.05) is 24.4 Å². The van der Waals surface area contributed by atoms with Gasteiger partial charge in [-0.05, 0) is 50.2 Å². The molecule has 1 fully saturated rings. The molecule has 2 heterocycles. The number of hydrogen-bond acceptors (Lipinski definition) is 4. The molecule has 0 bridgehead atoms. The Balaban J connectivity index is 2.16. The van der Waals surface area contributed by atoms with Gasteiger partial charge in [0.1, 0.15) is 5.54 Å². The maximum absolute atomic E-state index is 12.8. The van der Waals surface area contributed by atoms with Gasteiger partial charge < -0.3 is 10.0 Å². The molecule has 0 spiro atoms. The van der Waals surface area contributed by atoms with E-state index in [1.165, 1.54) is 4.90 Å². The molecule has 2 rings (SSSR count). The zero-order valence-electron chi connectivity index (χ0n) is 15.8. The first kappa shape index (κ1) is 20.1. The highest BCUT2D eigenvalue weighted by Crippen LogP contribution is 2.36. The van der Waals surface area contributed by atoms with Crippen molar-refractivity contribution in [3.8, 4) is 0 Å². The van der Waals surface area contributed by atoms with Crippen LogP contribution >= 0.6 is 0 Å². The lowest BCUT2D eigenvalue weighted by Gasteiger charge is -2.36. The molecule has 1 aromatic heterocycles. The molecule has 1 aliphatic rings. The fraction of sp³-hybridized carbons (Fsp3) is 0.600. The van der Waals surface area contributed by atoms with Crippen LogP contribution in [-0.2, 0) is 20.8 Å². The third-order valence-electron chi connectivity index (χ3n) is 5.60. The number of hydrogen-bond donors (Lipinski definition) is 1. The van der Waals surface area contributed by atoms with Crippen LogP contribution in [0.3, 0.4) is 0 Å². The number of rotatable bonds is 8. The summed E-state index contributed by atoms with van der Waals surface area (Å²) in [7, 11) is 0. The summed E-state index contributed by atoms with van der Waals surface area (Å²) in [5.74, 6) is -2.17. The Labute approximate surface area is 154 Å². The van der Waals surface area contributed by atoms with Crippen molar-refractivity contribution in [2.75, 3.05) is 6.54 Å². The summed E-state index contributed by atoms with van der Waals surface area (Å²) >= 11 is 0. The van der Waals surface area contributed by atoms with E-state index < -0.39 is 28.6 Å². The smallest absolute Gasteiger partial charge is 0.329 e. The van der Waals surface area contributed by atoms with Crippen LogP contribution in [0.2, 0.25) is 0 Å². The molecule has 1 N–H and O–H groups in total. The zero-order chi connectivity index (χ0) is 19.4. The molecule has 1 amide bonds. The number of aryl methyl sites for hydroxylation is 1. The van der Waals surface area contributed by atoms with Crippen molar-refractivity contribution in [1.29, 1.82) is 0 Å². The maximum atomic E-state index is 12.8. The summed E-state index contributed by atoms with van der Waals surface area (Å²) in [6.07, 6.45) is 6.63. The summed E-state index contributed by atoms with van der Waals surface area (Å²) in [5.41, 5.74) is -1.02. The fourth-order valence-corrected chi connectivity index (χ4v) is 3.47. The molecule has 26 heavy (non-hydrogen) atoms. The molecule has 0 saturated carbocycles. The number of likely N-dealkylation sites (tertiary alicyclic amines) is 1. The Morgan fingerprint density at radius 3 is 2.65 bits per heavy atom. The molecule has 0 radical (unpaired) electrons. The number of Topliss-reactive ketones (excluding diaryl/α,β-unsaturated/α-hetero) is 1. The van der Waals surface area contributed by atoms with Crippen LogP contribution in [-0.4, -0.2) is 44.7 Å². The summed E-state index contributed by atoms with van der Waals surface area (Å²) in [6.45, 7) is 5.64. The number of carbonyl (C=O) groups excluding carboxylic acids is 2. The van der Waals surface area contributed by atoms with E-state index in [1.807, 2.05) is 19.1 Å². The molecule has 1 aromatic rings. The van der Waals surface area contributed by atoms with E-state index in [0.717, 1.165) is 5.56 Å². The lowest BCUT2D eigenvalue weighted by Crippen LogP contribution is -2.56. The number of aliphatic carboxylic acids is 1. The van der Waals surface area contributed by atoms with Crippen molar-refractivity contribution < 1.29 is 19.5 Å². The SMILES string of the molecule is CCC(C)(C)C(=O)C(=O)N1CCCC1(CCCc1cccnc1)C(=O)O. The van der Waals surface area contributed by atoms with E-state index in [4.69, 9.17) is 0 Å². The topological polar surface area (TPSA) is 87.6 Å². The van der Waals surface area contributed by atoms with Gasteiger partial charge >= 0.3 is 5.97 Å². The van der Waals surface area contributed by atoms with Crippen molar-refractivity contribution >= 4 is 17.7 Å². The number of carboxylic acids is 1. The van der Waals surface area contributed by atoms with Crippen molar-refractivity contribution in [3.05, 3.63) is 30.1 Å². The lowest BCUT2D eigenvalue weighted by molar-refractivity contribution is -0.161. The van der Waals surface area contributed by atoms with Gasteiger partial charge in [-0.2, -0.15) is 0 Å². The minimum atomic E-state index is -1.28. The number of carbonyl (C=O) groups is 3. The molecule has 6 heteroatoms. The standard InChI is InChI=1S/C20H28N2O4/c1-4-19(2,3)16(23)17(24)22-13-7-11-20(22,18(25)26)10-5-8-15-9-6-12-21-14-15/h6,9,12,14H,4-5,7-8,10-11,13H2,1-3H3,(H,25,26). The number of aromatic nitrogens is 1. The highest BCUT2D eigenvalue weighted by atomic mass is 16.4. The molecule has 0 aromatic carbocycles. The predicted octanol–water partition coefficient (Wildman–Crippen LogP) is 2.86. The van der Waals surface area contributed by atoms with Gasteiger partial charge in [-0.15, -0.1) is 0 Å². The number of nitrogens with zero attached hydrogens (tertiary/aromatic N) is 2. The lowest BCUT2D eigenvalue weighted by atomic mass is 9.83. The monoisotopic (exact) mass is 360 g/mol. The first-order valence-corrected chi connectivity index (χ1v) is 9.23. The average Bonchev–Trinajstić information content (AvgIpc) is 3.06. The minimum Gasteiger partial charge on any atom is -0.479 e. The van der Waals surface area contributed by atoms with Crippen LogP contribution in [0, 0.1) is 5.41 Å². The number of ketones is 1. The highest BCUT2D eigenvalue weighted by molar-refractivity contribution is 6.38. The molecular formula is C20H28N2O4. The number of amides is 1. The van der Waals surface area contributed by atoms with Gasteiger partial charge in [-0.25, -0.2) is 4.79 Å². The van der Waals surface area contributed by atoms with Gasteiger partial charge in [-0.3, -0.25) is 14.6 Å². The third-order valence-corrected chi connectivity index (χ3v) is 5.60. The highest BCUT2D eigenvalue weighted by Gasteiger charge is 2.51. The van der Waals surface area contributed by atoms with E-state index in [-0.39, 0.29) is 0 Å². The first-order valence-electron chi connectivity index (χ1n) is 9.23. The molecule has 1 saturated heterocycles. The Morgan fingerprint density at radius 1 is 1.35 bits per heavy atom. The normalized spacial score (nSPS) is 20.2. The van der Waals surface area contributed by atoms with E-state index in [9.17, 15) is 19.5 Å². The largest absolute Gasteiger partial charge is 0.479 e. The van der Waals surface area contributed by atoms with E-state index in [1.54, 1.807) is 26.2 Å². The van der Waals surface area contributed by atoms with Gasteiger partial charge in [0.25, 0.3) is 5.91 Å². The average molecular weight is 360 g/mol. The third kappa shape index (κ3) is 3.94. The Hall–Kier alpha value is -2.24. The maximum Gasteiger partial charge on any atom is 0.329 e. The Morgan fingerprint density at radius 2 is 2.08 bits per heavy atom. The van der Waals surface area contributed by atoms with Gasteiger partial charge in [0.2, 0.25) is 5.78 Å². The Bertz CT molecular complexity index is 672. The molecule has 1 atom stereocenters. The first-order chi connectivity index (χ1) is 12.2. The van der Waals surface area contributed by atoms with Crippen molar-refractivity contribution in [3.63, 3.8) is 0 Å². The van der Waals surface area contributed by atoms with Crippen LogP contribution in [0.15, 0.2) is 24.5 Å². The van der Waals surface area contributed by atoms with Gasteiger partial charge in [-0.1, -0.05) is 26.8 Å². The van der Waals surface area contributed by atoms with Crippen LogP contribution in [0.1, 0.15) is 58.4 Å². The molecule has 0 aliphatic carbocycles. The molecule has 142 valence electrons. The van der Waals surface area contributed by atoms with Crippen LogP contribution in [0.4, 0.5) is 0 Å². The molecule has 1 aliphatic heterocycles. The second-order valence-electron chi connectivity index (χ2n) is 7.68. The number of carboxylic acid groups (broad SMARTS) is 1. The summed E-state index contributed by atoms with van der Waals surface area (Å²) in [6, 6.07) is 3.80. The van der Waals surface area contributed by atoms with Gasteiger partial charge in [0.05, 0.1) is 0 Å². The second-order valence-corrected chi connectivity index (χ2v) is 7.68. The van der Waals surface area contributed by atoms with Crippen molar-refractivity contribution in [2.45, 2.75) is 64.8 Å². The van der Waals surface area contributed by atoms with Crippen LogP contribution in [0.25, 0.3) is 0 Å². The fourth-order valence-electron chi connectivity index (χ4n) is 3.47. The number of pyridine rings is 1. The van der Waals surface area contributed by atoms with E-state index in [2.05, 4.69) is 4.98 Å². The van der Waals surface area contributed by atoms with E-state index >= 15 is 0 Å². The molecule has 6 nitrogen and oxygen atoms in total. The minimum absolute atomic E-state index is 0.323. The van der Waals surface area contributed by atoms with Crippen LogP contribution < -0.4 is 0 Å². The summed E-state index contributed by atoms with van der Waals surface area (Å²) in [5, 5.41) is 9.90. The summed E-state index contributed by atoms with van der Waals surface area (Å²) in [4.78, 5) is 42.9. The zero-order valence-corrected chi connectivity index (χ0v) is 15.8. The molecule has 1 unspecified atom stereocenters. The van der Waals surface area contributed by atoms with Gasteiger partial charge in [0.15, 0.2) is 0 Å². The Kier molecular flexibility index (Phi) is 6.16. The summed E-state index contributed by atoms with van der Waals surface area (Å²) < 4.78 is 0. The molecular weight excluding hydrogens is 332 g/mol. The van der Waals surface area contributed by atoms with E-state index in [0.29, 0.717) is 45.1 Å². The quantitative estimate of drug-likeness (QED) is 0.720. The second kappa shape index (κ2) is 7.98. The van der Waals surface area contributed by atoms with Crippen molar-refractivity contribution in [1.82, 2.24) is 9.88 Å².